The first kappa shape index (κ1) is 7.61. The van der Waals surface area contributed by atoms with Gasteiger partial charge in [0.25, 0.3) is 0 Å². The molecule has 0 spiro atoms. The SMILES string of the molecule is Nc1cc(CC2CCCO2)[nH]n1. The molecule has 1 fully saturated rings. The third-order valence-corrected chi connectivity index (χ3v) is 2.12. The molecule has 0 aliphatic carbocycles. The summed E-state index contributed by atoms with van der Waals surface area (Å²) >= 11 is 0. The van der Waals surface area contributed by atoms with Crippen LogP contribution in [0, 0.1) is 0 Å². The standard InChI is InChI=1S/C8H13N3O/c9-8-5-6(10-11-8)4-7-2-1-3-12-7/h5,7H,1-4H2,(H3,9,10,11). The molecule has 1 aromatic rings. The summed E-state index contributed by atoms with van der Waals surface area (Å²) in [7, 11) is 0. The maximum absolute atomic E-state index is 5.48. The molecule has 1 aromatic heterocycles. The number of nitrogen functional groups attached to an aromatic ring is 1. The van der Waals surface area contributed by atoms with E-state index in [1.54, 1.807) is 0 Å². The van der Waals surface area contributed by atoms with Gasteiger partial charge in [-0.05, 0) is 12.8 Å². The molecule has 66 valence electrons. The van der Waals surface area contributed by atoms with Crippen molar-refractivity contribution in [3.63, 3.8) is 0 Å². The van der Waals surface area contributed by atoms with E-state index in [0.717, 1.165) is 25.1 Å². The molecule has 4 nitrogen and oxygen atoms in total. The molecular formula is C8H13N3O. The van der Waals surface area contributed by atoms with Gasteiger partial charge in [0, 0.05) is 24.8 Å². The largest absolute Gasteiger partial charge is 0.382 e. The van der Waals surface area contributed by atoms with Crippen LogP contribution in [0.15, 0.2) is 6.07 Å². The lowest BCUT2D eigenvalue weighted by Crippen LogP contribution is -2.08. The molecule has 3 N–H and O–H groups in total. The Balaban J connectivity index is 1.94. The third-order valence-electron chi connectivity index (χ3n) is 2.12. The molecule has 2 rings (SSSR count). The van der Waals surface area contributed by atoms with Crippen LogP contribution in [-0.4, -0.2) is 22.9 Å². The summed E-state index contributed by atoms with van der Waals surface area (Å²) in [5.74, 6) is 0.558. The lowest BCUT2D eigenvalue weighted by Gasteiger charge is -2.05. The van der Waals surface area contributed by atoms with Crippen molar-refractivity contribution in [2.45, 2.75) is 25.4 Å². The number of aromatic nitrogens is 2. The Bertz CT molecular complexity index is 253. The van der Waals surface area contributed by atoms with E-state index < -0.39 is 0 Å². The molecule has 0 amide bonds. The second-order valence-corrected chi connectivity index (χ2v) is 3.16. The smallest absolute Gasteiger partial charge is 0.145 e. The first-order chi connectivity index (χ1) is 5.84. The molecule has 1 aliphatic heterocycles. The van der Waals surface area contributed by atoms with E-state index >= 15 is 0 Å². The number of hydrogen-bond donors (Lipinski definition) is 2. The molecule has 0 bridgehead atoms. The molecule has 1 aliphatic rings. The van der Waals surface area contributed by atoms with Gasteiger partial charge in [0.05, 0.1) is 6.10 Å². The minimum absolute atomic E-state index is 0.366. The van der Waals surface area contributed by atoms with Gasteiger partial charge in [-0.15, -0.1) is 0 Å². The van der Waals surface area contributed by atoms with E-state index in [0.29, 0.717) is 11.9 Å². The Hall–Kier alpha value is -1.03. The average molecular weight is 167 g/mol. The van der Waals surface area contributed by atoms with E-state index in [2.05, 4.69) is 10.2 Å². The van der Waals surface area contributed by atoms with Crippen molar-refractivity contribution in [3.8, 4) is 0 Å². The number of nitrogens with zero attached hydrogens (tertiary/aromatic N) is 1. The van der Waals surface area contributed by atoms with Crippen LogP contribution in [0.25, 0.3) is 0 Å². The normalized spacial score (nSPS) is 23.2. The Morgan fingerprint density at radius 2 is 2.67 bits per heavy atom. The predicted octanol–water partition coefficient (Wildman–Crippen LogP) is 0.713. The Morgan fingerprint density at radius 3 is 3.25 bits per heavy atom. The third kappa shape index (κ3) is 1.58. The van der Waals surface area contributed by atoms with Crippen LogP contribution in [0.3, 0.4) is 0 Å². The fourth-order valence-electron chi connectivity index (χ4n) is 1.53. The zero-order chi connectivity index (χ0) is 8.39. The summed E-state index contributed by atoms with van der Waals surface area (Å²) in [6.45, 7) is 0.897. The summed E-state index contributed by atoms with van der Waals surface area (Å²) in [5, 5.41) is 6.73. The molecular weight excluding hydrogens is 154 g/mol. The van der Waals surface area contributed by atoms with Gasteiger partial charge in [-0.3, -0.25) is 5.10 Å². The van der Waals surface area contributed by atoms with E-state index in [1.165, 1.54) is 6.42 Å². The Labute approximate surface area is 71.1 Å². The molecule has 1 saturated heterocycles. The molecule has 1 unspecified atom stereocenters. The lowest BCUT2D eigenvalue weighted by molar-refractivity contribution is 0.110. The first-order valence-corrected chi connectivity index (χ1v) is 4.26. The summed E-state index contributed by atoms with van der Waals surface area (Å²) in [6.07, 6.45) is 3.60. The zero-order valence-corrected chi connectivity index (χ0v) is 6.92. The summed E-state index contributed by atoms with van der Waals surface area (Å²) < 4.78 is 5.48. The highest BCUT2D eigenvalue weighted by molar-refractivity contribution is 5.28. The summed E-state index contributed by atoms with van der Waals surface area (Å²) in [5.41, 5.74) is 6.54. The van der Waals surface area contributed by atoms with Crippen LogP contribution in [0.4, 0.5) is 5.82 Å². The van der Waals surface area contributed by atoms with Crippen LogP contribution in [0.5, 0.6) is 0 Å². The summed E-state index contributed by atoms with van der Waals surface area (Å²) in [6, 6.07) is 1.86. The van der Waals surface area contributed by atoms with Crippen molar-refractivity contribution in [3.05, 3.63) is 11.8 Å². The number of nitrogens with one attached hydrogen (secondary N) is 1. The fourth-order valence-corrected chi connectivity index (χ4v) is 1.53. The van der Waals surface area contributed by atoms with E-state index in [9.17, 15) is 0 Å². The van der Waals surface area contributed by atoms with Crippen molar-refractivity contribution in [2.75, 3.05) is 12.3 Å². The highest BCUT2D eigenvalue weighted by atomic mass is 16.5. The van der Waals surface area contributed by atoms with Crippen molar-refractivity contribution < 1.29 is 4.74 Å². The van der Waals surface area contributed by atoms with Gasteiger partial charge < -0.3 is 10.5 Å². The van der Waals surface area contributed by atoms with Gasteiger partial charge in [-0.25, -0.2) is 0 Å². The molecule has 1 atom stereocenters. The number of nitrogens with two attached hydrogens (primary N) is 1. The van der Waals surface area contributed by atoms with Gasteiger partial charge in [0.2, 0.25) is 0 Å². The first-order valence-electron chi connectivity index (χ1n) is 4.26. The number of ether oxygens (including phenoxy) is 1. The van der Waals surface area contributed by atoms with Gasteiger partial charge in [-0.1, -0.05) is 0 Å². The van der Waals surface area contributed by atoms with E-state index in [1.807, 2.05) is 6.07 Å². The average Bonchev–Trinajstić information content (AvgIpc) is 2.63. The second-order valence-electron chi connectivity index (χ2n) is 3.16. The van der Waals surface area contributed by atoms with Crippen molar-refractivity contribution in [1.82, 2.24) is 10.2 Å². The molecule has 2 heterocycles. The number of H-pyrrole nitrogens is 1. The highest BCUT2D eigenvalue weighted by Crippen LogP contribution is 2.16. The lowest BCUT2D eigenvalue weighted by atomic mass is 10.1. The molecule has 0 aromatic carbocycles. The van der Waals surface area contributed by atoms with Crippen molar-refractivity contribution in [1.29, 1.82) is 0 Å². The van der Waals surface area contributed by atoms with Crippen LogP contribution < -0.4 is 5.73 Å². The highest BCUT2D eigenvalue weighted by Gasteiger charge is 2.16. The van der Waals surface area contributed by atoms with Gasteiger partial charge >= 0.3 is 0 Å². The minimum Gasteiger partial charge on any atom is -0.382 e. The van der Waals surface area contributed by atoms with E-state index in [4.69, 9.17) is 10.5 Å². The monoisotopic (exact) mass is 167 g/mol. The van der Waals surface area contributed by atoms with Gasteiger partial charge in [0.15, 0.2) is 0 Å². The quantitative estimate of drug-likeness (QED) is 0.682. The van der Waals surface area contributed by atoms with Crippen LogP contribution in [0.1, 0.15) is 18.5 Å². The second kappa shape index (κ2) is 3.15. The topological polar surface area (TPSA) is 63.9 Å². The Morgan fingerprint density at radius 1 is 1.75 bits per heavy atom. The zero-order valence-electron chi connectivity index (χ0n) is 6.92. The van der Waals surface area contributed by atoms with E-state index in [-0.39, 0.29) is 0 Å². The van der Waals surface area contributed by atoms with Crippen molar-refractivity contribution in [2.24, 2.45) is 0 Å². The Kier molecular flexibility index (Phi) is 1.99. The molecule has 0 radical (unpaired) electrons. The molecule has 4 heteroatoms. The number of rotatable bonds is 2. The fraction of sp³-hybridized carbons (Fsp3) is 0.625. The van der Waals surface area contributed by atoms with Gasteiger partial charge in [-0.2, -0.15) is 5.10 Å². The maximum Gasteiger partial charge on any atom is 0.145 e. The van der Waals surface area contributed by atoms with Crippen LogP contribution in [-0.2, 0) is 11.2 Å². The van der Waals surface area contributed by atoms with Crippen molar-refractivity contribution >= 4 is 5.82 Å². The van der Waals surface area contributed by atoms with Gasteiger partial charge in [0.1, 0.15) is 5.82 Å². The number of hydrogen-bond acceptors (Lipinski definition) is 3. The van der Waals surface area contributed by atoms with Crippen LogP contribution >= 0.6 is 0 Å². The number of anilines is 1. The minimum atomic E-state index is 0.366. The summed E-state index contributed by atoms with van der Waals surface area (Å²) in [4.78, 5) is 0. The number of aromatic amines is 1. The predicted molar refractivity (Wildman–Crippen MR) is 45.7 cm³/mol. The van der Waals surface area contributed by atoms with Crippen LogP contribution in [0.2, 0.25) is 0 Å². The molecule has 12 heavy (non-hydrogen) atoms. The molecule has 0 saturated carbocycles. The maximum atomic E-state index is 5.48.